The van der Waals surface area contributed by atoms with Crippen molar-refractivity contribution in [2.75, 3.05) is 26.7 Å². The third-order valence-corrected chi connectivity index (χ3v) is 1.36. The minimum absolute atomic E-state index is 0.272. The zero-order valence-electron chi connectivity index (χ0n) is 5.91. The van der Waals surface area contributed by atoms with Crippen LogP contribution in [-0.4, -0.2) is 44.0 Å². The Morgan fingerprint density at radius 3 is 3.10 bits per heavy atom. The number of hydrogen-bond acceptors (Lipinski definition) is 3. The first-order chi connectivity index (χ1) is 4.84. The van der Waals surface area contributed by atoms with E-state index in [4.69, 9.17) is 0 Å². The van der Waals surface area contributed by atoms with Gasteiger partial charge in [0.1, 0.15) is 0 Å². The second-order valence-electron chi connectivity index (χ2n) is 2.00. The number of nitrogens with zero attached hydrogens (tertiary/aromatic N) is 2. The average Bonchev–Trinajstić information content (AvgIpc) is 2.05. The van der Waals surface area contributed by atoms with Crippen molar-refractivity contribution < 1.29 is 9.53 Å². The van der Waals surface area contributed by atoms with Crippen LogP contribution in [0.5, 0.6) is 0 Å². The lowest BCUT2D eigenvalue weighted by atomic mass is 10.4. The van der Waals surface area contributed by atoms with Gasteiger partial charge in [0.05, 0.1) is 20.2 Å². The van der Waals surface area contributed by atoms with E-state index in [1.807, 2.05) is 0 Å². The summed E-state index contributed by atoms with van der Waals surface area (Å²) in [6, 6.07) is 0. The molecular formula is C6H10N2O2. The summed E-state index contributed by atoms with van der Waals surface area (Å²) in [6.07, 6.45) is 1.45. The largest absolute Gasteiger partial charge is 0.453 e. The zero-order chi connectivity index (χ0) is 7.40. The number of carbonyl (C=O) groups excluding carboxylic acids is 1. The van der Waals surface area contributed by atoms with Gasteiger partial charge >= 0.3 is 6.09 Å². The van der Waals surface area contributed by atoms with Gasteiger partial charge in [-0.3, -0.25) is 4.99 Å². The Hall–Kier alpha value is -1.06. The first kappa shape index (κ1) is 7.05. The summed E-state index contributed by atoms with van der Waals surface area (Å²) >= 11 is 0. The Morgan fingerprint density at radius 1 is 1.80 bits per heavy atom. The summed E-state index contributed by atoms with van der Waals surface area (Å²) in [6.45, 7) is 1.94. The van der Waals surface area contributed by atoms with E-state index in [0.717, 1.165) is 0 Å². The van der Waals surface area contributed by atoms with Crippen LogP contribution in [0.2, 0.25) is 0 Å². The third-order valence-electron chi connectivity index (χ3n) is 1.36. The molecule has 1 amide bonds. The number of aliphatic imine (C=N–C) groups is 1. The van der Waals surface area contributed by atoms with Gasteiger partial charge in [-0.05, 0) is 0 Å². The predicted molar refractivity (Wildman–Crippen MR) is 37.3 cm³/mol. The first-order valence-corrected chi connectivity index (χ1v) is 3.16. The molecule has 0 radical (unpaired) electrons. The molecule has 0 aromatic carbocycles. The fraction of sp³-hybridized carbons (Fsp3) is 0.667. The van der Waals surface area contributed by atoms with Crippen LogP contribution in [0.15, 0.2) is 4.99 Å². The number of ether oxygens (including phenoxy) is 1. The van der Waals surface area contributed by atoms with Crippen molar-refractivity contribution in [3.8, 4) is 0 Å². The molecule has 0 bridgehead atoms. The molecule has 56 valence electrons. The lowest BCUT2D eigenvalue weighted by molar-refractivity contribution is 0.130. The molecule has 4 nitrogen and oxygen atoms in total. The number of hydrogen-bond donors (Lipinski definition) is 0. The molecule has 0 spiro atoms. The molecule has 0 N–H and O–H groups in total. The van der Waals surface area contributed by atoms with Gasteiger partial charge < -0.3 is 9.64 Å². The molecule has 0 unspecified atom stereocenters. The van der Waals surface area contributed by atoms with E-state index in [0.29, 0.717) is 19.6 Å². The van der Waals surface area contributed by atoms with Gasteiger partial charge in [-0.1, -0.05) is 0 Å². The standard InChI is InChI=1S/C6H10N2O2/c1-10-6(9)8-4-2-7-3-5-8/h2H,3-5H2,1H3. The minimum atomic E-state index is -0.272. The molecule has 10 heavy (non-hydrogen) atoms. The smallest absolute Gasteiger partial charge is 0.409 e. The van der Waals surface area contributed by atoms with Crippen LogP contribution in [0.3, 0.4) is 0 Å². The van der Waals surface area contributed by atoms with Crippen molar-refractivity contribution in [3.63, 3.8) is 0 Å². The number of amides is 1. The summed E-state index contributed by atoms with van der Waals surface area (Å²) < 4.78 is 4.51. The van der Waals surface area contributed by atoms with Crippen LogP contribution in [0.4, 0.5) is 4.79 Å². The first-order valence-electron chi connectivity index (χ1n) is 3.16. The van der Waals surface area contributed by atoms with Crippen LogP contribution in [0, 0.1) is 0 Å². The van der Waals surface area contributed by atoms with Gasteiger partial charge in [-0.25, -0.2) is 4.79 Å². The average molecular weight is 142 g/mol. The topological polar surface area (TPSA) is 41.9 Å². The SMILES string of the molecule is COC(=O)N1CC=NCC1. The Morgan fingerprint density at radius 2 is 2.60 bits per heavy atom. The van der Waals surface area contributed by atoms with Crippen molar-refractivity contribution in [1.29, 1.82) is 0 Å². The van der Waals surface area contributed by atoms with Crippen molar-refractivity contribution >= 4 is 12.3 Å². The van der Waals surface area contributed by atoms with Crippen molar-refractivity contribution in [2.45, 2.75) is 0 Å². The minimum Gasteiger partial charge on any atom is -0.453 e. The van der Waals surface area contributed by atoms with Crippen LogP contribution >= 0.6 is 0 Å². The molecule has 0 atom stereocenters. The highest BCUT2D eigenvalue weighted by molar-refractivity contribution is 5.73. The second-order valence-corrected chi connectivity index (χ2v) is 2.00. The summed E-state index contributed by atoms with van der Waals surface area (Å²) in [5.41, 5.74) is 0. The third kappa shape index (κ3) is 1.46. The van der Waals surface area contributed by atoms with Crippen LogP contribution in [-0.2, 0) is 4.74 Å². The van der Waals surface area contributed by atoms with Gasteiger partial charge in [0, 0.05) is 12.8 Å². The Labute approximate surface area is 59.5 Å². The van der Waals surface area contributed by atoms with Crippen LogP contribution < -0.4 is 0 Å². The summed E-state index contributed by atoms with van der Waals surface area (Å²) in [4.78, 5) is 16.4. The number of carbonyl (C=O) groups is 1. The summed E-state index contributed by atoms with van der Waals surface area (Å²) in [5.74, 6) is 0. The van der Waals surface area contributed by atoms with Crippen molar-refractivity contribution in [3.05, 3.63) is 0 Å². The lowest BCUT2D eigenvalue weighted by Gasteiger charge is -2.20. The maximum absolute atomic E-state index is 10.8. The highest BCUT2D eigenvalue weighted by Gasteiger charge is 2.13. The maximum Gasteiger partial charge on any atom is 0.409 e. The molecule has 0 aliphatic carbocycles. The molecule has 1 rings (SSSR count). The van der Waals surface area contributed by atoms with Gasteiger partial charge in [0.25, 0.3) is 0 Å². The van der Waals surface area contributed by atoms with Gasteiger partial charge in [0.15, 0.2) is 0 Å². The van der Waals surface area contributed by atoms with E-state index in [9.17, 15) is 4.79 Å². The fourth-order valence-electron chi connectivity index (χ4n) is 0.812. The number of methoxy groups -OCH3 is 1. The molecule has 0 aromatic rings. The highest BCUT2D eigenvalue weighted by Crippen LogP contribution is 1.94. The molecule has 1 heterocycles. The van der Waals surface area contributed by atoms with E-state index >= 15 is 0 Å². The molecule has 1 aliphatic heterocycles. The Bertz CT molecular complexity index is 156. The molecule has 4 heteroatoms. The van der Waals surface area contributed by atoms with Gasteiger partial charge in [-0.15, -0.1) is 0 Å². The lowest BCUT2D eigenvalue weighted by Crippen LogP contribution is -2.37. The molecule has 0 saturated heterocycles. The molecule has 0 saturated carbocycles. The van der Waals surface area contributed by atoms with Gasteiger partial charge in [0.2, 0.25) is 0 Å². The second kappa shape index (κ2) is 3.20. The van der Waals surface area contributed by atoms with E-state index < -0.39 is 0 Å². The molecule has 0 aromatic heterocycles. The van der Waals surface area contributed by atoms with Crippen molar-refractivity contribution in [1.82, 2.24) is 4.90 Å². The van der Waals surface area contributed by atoms with E-state index in [2.05, 4.69) is 9.73 Å². The van der Waals surface area contributed by atoms with E-state index in [-0.39, 0.29) is 6.09 Å². The monoisotopic (exact) mass is 142 g/mol. The number of rotatable bonds is 0. The van der Waals surface area contributed by atoms with Crippen LogP contribution in [0.25, 0.3) is 0 Å². The Balaban J connectivity index is 2.41. The van der Waals surface area contributed by atoms with E-state index in [1.165, 1.54) is 7.11 Å². The molecule has 1 aliphatic rings. The Kier molecular flexibility index (Phi) is 2.25. The highest BCUT2D eigenvalue weighted by atomic mass is 16.5. The predicted octanol–water partition coefficient (Wildman–Crippen LogP) is 0.139. The molecule has 0 fully saturated rings. The quantitative estimate of drug-likeness (QED) is 0.482. The fourth-order valence-corrected chi connectivity index (χ4v) is 0.812. The summed E-state index contributed by atoms with van der Waals surface area (Å²) in [5, 5.41) is 0. The normalized spacial score (nSPS) is 17.1. The van der Waals surface area contributed by atoms with Crippen LogP contribution in [0.1, 0.15) is 0 Å². The van der Waals surface area contributed by atoms with E-state index in [1.54, 1.807) is 11.1 Å². The van der Waals surface area contributed by atoms with Gasteiger partial charge in [-0.2, -0.15) is 0 Å². The summed E-state index contributed by atoms with van der Waals surface area (Å²) in [7, 11) is 1.38. The zero-order valence-corrected chi connectivity index (χ0v) is 5.91. The van der Waals surface area contributed by atoms with Crippen molar-refractivity contribution in [2.24, 2.45) is 4.99 Å². The maximum atomic E-state index is 10.8. The molecular weight excluding hydrogens is 132 g/mol.